The van der Waals surface area contributed by atoms with Gasteiger partial charge >= 0.3 is 0 Å². The zero-order valence-corrected chi connectivity index (χ0v) is 12.8. The van der Waals surface area contributed by atoms with Gasteiger partial charge in [0.05, 0.1) is 11.5 Å². The Kier molecular flexibility index (Phi) is 4.77. The topological polar surface area (TPSA) is 94.3 Å². The van der Waals surface area contributed by atoms with Gasteiger partial charge < -0.3 is 14.6 Å². The Balaban J connectivity index is 2.02. The molecule has 114 valence electrons. The molecule has 1 aliphatic heterocycles. The van der Waals surface area contributed by atoms with Crippen molar-refractivity contribution in [3.8, 4) is 0 Å². The van der Waals surface area contributed by atoms with Crippen molar-refractivity contribution < 1.29 is 17.7 Å². The normalized spacial score (nSPS) is 23.9. The zero-order chi connectivity index (χ0) is 14.8. The predicted octanol–water partition coefficient (Wildman–Crippen LogP) is 0.342. The molecule has 0 bridgehead atoms. The van der Waals surface area contributed by atoms with Gasteiger partial charge in [-0.1, -0.05) is 19.0 Å². The van der Waals surface area contributed by atoms with Crippen molar-refractivity contribution in [3.05, 3.63) is 11.7 Å². The van der Waals surface area contributed by atoms with Crippen LogP contribution in [0.15, 0.2) is 4.52 Å². The number of nitrogens with zero attached hydrogens (tertiary/aromatic N) is 2. The molecule has 1 aromatic heterocycles. The van der Waals surface area contributed by atoms with Gasteiger partial charge in [-0.05, 0) is 5.92 Å². The largest absolute Gasteiger partial charge is 0.373 e. The number of aromatic nitrogens is 2. The Labute approximate surface area is 119 Å². The average molecular weight is 303 g/mol. The molecule has 2 rings (SSSR count). The van der Waals surface area contributed by atoms with Crippen LogP contribution in [0.3, 0.4) is 0 Å². The summed E-state index contributed by atoms with van der Waals surface area (Å²) in [7, 11) is -1.35. The molecular weight excluding hydrogens is 282 g/mol. The second-order valence-corrected chi connectivity index (χ2v) is 7.64. The van der Waals surface area contributed by atoms with E-state index in [9.17, 15) is 8.42 Å². The molecule has 1 N–H and O–H groups in total. The second-order valence-electron chi connectivity index (χ2n) is 5.42. The summed E-state index contributed by atoms with van der Waals surface area (Å²) in [6, 6.07) is -0.165. The van der Waals surface area contributed by atoms with Crippen molar-refractivity contribution in [1.29, 1.82) is 0 Å². The minimum atomic E-state index is -2.96. The molecule has 1 saturated heterocycles. The van der Waals surface area contributed by atoms with Crippen molar-refractivity contribution in [2.45, 2.75) is 32.4 Å². The molecule has 1 aliphatic rings. The van der Waals surface area contributed by atoms with Crippen LogP contribution >= 0.6 is 0 Å². The molecule has 0 saturated carbocycles. The van der Waals surface area contributed by atoms with Gasteiger partial charge in [0.2, 0.25) is 11.7 Å². The minimum absolute atomic E-state index is 0.114. The van der Waals surface area contributed by atoms with E-state index >= 15 is 0 Å². The van der Waals surface area contributed by atoms with Gasteiger partial charge in [0, 0.05) is 26.1 Å². The van der Waals surface area contributed by atoms with E-state index < -0.39 is 9.84 Å². The summed E-state index contributed by atoms with van der Waals surface area (Å²) < 4.78 is 33.7. The quantitative estimate of drug-likeness (QED) is 0.838. The highest BCUT2D eigenvalue weighted by molar-refractivity contribution is 7.91. The molecular formula is C12H21N3O4S. The minimum Gasteiger partial charge on any atom is -0.373 e. The number of hydrogen-bond acceptors (Lipinski definition) is 7. The maximum absolute atomic E-state index is 11.6. The first-order valence-corrected chi connectivity index (χ1v) is 8.52. The molecule has 0 spiro atoms. The van der Waals surface area contributed by atoms with E-state index in [0.29, 0.717) is 24.7 Å². The van der Waals surface area contributed by atoms with Gasteiger partial charge in [-0.15, -0.1) is 0 Å². The lowest BCUT2D eigenvalue weighted by atomic mass is 10.1. The molecule has 0 amide bonds. The van der Waals surface area contributed by atoms with Crippen LogP contribution in [0, 0.1) is 5.92 Å². The number of sulfone groups is 1. The molecule has 8 heteroatoms. The maximum Gasteiger partial charge on any atom is 0.228 e. The van der Waals surface area contributed by atoms with E-state index in [1.165, 1.54) is 0 Å². The third-order valence-electron chi connectivity index (χ3n) is 3.32. The van der Waals surface area contributed by atoms with Crippen molar-refractivity contribution in [2.24, 2.45) is 5.92 Å². The molecule has 1 aromatic rings. The zero-order valence-electron chi connectivity index (χ0n) is 12.0. The van der Waals surface area contributed by atoms with Crippen molar-refractivity contribution in [3.63, 3.8) is 0 Å². The lowest BCUT2D eigenvalue weighted by Gasteiger charge is -2.22. The van der Waals surface area contributed by atoms with Crippen LogP contribution in [0.25, 0.3) is 0 Å². The molecule has 2 heterocycles. The Morgan fingerprint density at radius 3 is 2.85 bits per heavy atom. The summed E-state index contributed by atoms with van der Waals surface area (Å²) >= 11 is 0. The first kappa shape index (κ1) is 15.4. The predicted molar refractivity (Wildman–Crippen MR) is 73.0 cm³/mol. The van der Waals surface area contributed by atoms with Crippen LogP contribution in [-0.4, -0.2) is 49.8 Å². The molecule has 0 radical (unpaired) electrons. The molecule has 0 aliphatic carbocycles. The van der Waals surface area contributed by atoms with E-state index in [1.807, 2.05) is 13.8 Å². The first-order valence-electron chi connectivity index (χ1n) is 6.70. The third kappa shape index (κ3) is 3.77. The SMILES string of the molecule is COC(c1noc(CC2CS(=O)(=O)CCN2)n1)C(C)C. The molecule has 2 atom stereocenters. The van der Waals surface area contributed by atoms with E-state index in [2.05, 4.69) is 15.5 Å². The van der Waals surface area contributed by atoms with Gasteiger partial charge in [0.1, 0.15) is 6.10 Å². The first-order chi connectivity index (χ1) is 9.41. The summed E-state index contributed by atoms with van der Waals surface area (Å²) in [4.78, 5) is 4.31. The van der Waals surface area contributed by atoms with Crippen molar-refractivity contribution in [1.82, 2.24) is 15.5 Å². The van der Waals surface area contributed by atoms with Crippen LogP contribution in [0.4, 0.5) is 0 Å². The highest BCUT2D eigenvalue weighted by atomic mass is 32.2. The Morgan fingerprint density at radius 2 is 2.25 bits per heavy atom. The summed E-state index contributed by atoms with van der Waals surface area (Å²) in [5.41, 5.74) is 0. The number of nitrogens with one attached hydrogen (secondary N) is 1. The van der Waals surface area contributed by atoms with Gasteiger partial charge in [0.15, 0.2) is 9.84 Å². The number of hydrogen-bond donors (Lipinski definition) is 1. The molecule has 7 nitrogen and oxygen atoms in total. The monoisotopic (exact) mass is 303 g/mol. The summed E-state index contributed by atoms with van der Waals surface area (Å²) in [5, 5.41) is 7.08. The van der Waals surface area contributed by atoms with Crippen LogP contribution in [0.2, 0.25) is 0 Å². The number of ether oxygens (including phenoxy) is 1. The van der Waals surface area contributed by atoms with Gasteiger partial charge in [-0.2, -0.15) is 4.98 Å². The van der Waals surface area contributed by atoms with Crippen LogP contribution < -0.4 is 5.32 Å². The van der Waals surface area contributed by atoms with E-state index in [0.717, 1.165) is 0 Å². The number of rotatable bonds is 5. The van der Waals surface area contributed by atoms with Crippen LogP contribution in [-0.2, 0) is 21.0 Å². The fourth-order valence-corrected chi connectivity index (χ4v) is 3.80. The average Bonchev–Trinajstić information content (AvgIpc) is 2.76. The molecule has 20 heavy (non-hydrogen) atoms. The van der Waals surface area contributed by atoms with Crippen LogP contribution in [0.5, 0.6) is 0 Å². The Morgan fingerprint density at radius 1 is 1.50 bits per heavy atom. The lowest BCUT2D eigenvalue weighted by molar-refractivity contribution is 0.0555. The standard InChI is InChI=1S/C12H21N3O4S/c1-8(2)11(18-3)12-14-10(19-15-12)6-9-7-20(16,17)5-4-13-9/h8-9,11,13H,4-7H2,1-3H3. The van der Waals surface area contributed by atoms with Gasteiger partial charge in [-0.25, -0.2) is 8.42 Å². The van der Waals surface area contributed by atoms with Crippen molar-refractivity contribution >= 4 is 9.84 Å². The molecule has 0 aromatic carbocycles. The maximum atomic E-state index is 11.6. The van der Waals surface area contributed by atoms with E-state index in [1.54, 1.807) is 7.11 Å². The van der Waals surface area contributed by atoms with E-state index in [-0.39, 0.29) is 29.6 Å². The number of methoxy groups -OCH3 is 1. The highest BCUT2D eigenvalue weighted by Gasteiger charge is 2.27. The van der Waals surface area contributed by atoms with Crippen molar-refractivity contribution in [2.75, 3.05) is 25.2 Å². The van der Waals surface area contributed by atoms with Crippen LogP contribution in [0.1, 0.15) is 31.7 Å². The van der Waals surface area contributed by atoms with Gasteiger partial charge in [-0.3, -0.25) is 0 Å². The fraction of sp³-hybridized carbons (Fsp3) is 0.833. The van der Waals surface area contributed by atoms with E-state index in [4.69, 9.17) is 9.26 Å². The Bertz CT molecular complexity index is 541. The third-order valence-corrected chi connectivity index (χ3v) is 5.06. The fourth-order valence-electron chi connectivity index (χ4n) is 2.35. The summed E-state index contributed by atoms with van der Waals surface area (Å²) in [5.74, 6) is 1.49. The lowest BCUT2D eigenvalue weighted by Crippen LogP contribution is -2.46. The molecule has 2 unspecified atom stereocenters. The second kappa shape index (κ2) is 6.19. The highest BCUT2D eigenvalue weighted by Crippen LogP contribution is 2.22. The smallest absolute Gasteiger partial charge is 0.228 e. The van der Waals surface area contributed by atoms with Gasteiger partial charge in [0.25, 0.3) is 0 Å². The molecule has 1 fully saturated rings. The summed E-state index contributed by atoms with van der Waals surface area (Å²) in [6.07, 6.45) is 0.205. The summed E-state index contributed by atoms with van der Waals surface area (Å²) in [6.45, 7) is 4.50. The Hall–Kier alpha value is -0.990.